The van der Waals surface area contributed by atoms with Gasteiger partial charge in [-0.05, 0) is 31.0 Å². The van der Waals surface area contributed by atoms with Crippen molar-refractivity contribution in [3.8, 4) is 17.9 Å². The van der Waals surface area contributed by atoms with Crippen molar-refractivity contribution in [2.75, 3.05) is 18.0 Å². The Bertz CT molecular complexity index is 656. The van der Waals surface area contributed by atoms with E-state index in [4.69, 9.17) is 10.5 Å². The van der Waals surface area contributed by atoms with Crippen LogP contribution in [0.5, 0.6) is 5.75 Å². The number of alkyl halides is 2. The largest absolute Gasteiger partial charge is 0.433 e. The Morgan fingerprint density at radius 1 is 1.35 bits per heavy atom. The maximum atomic E-state index is 12.3. The highest BCUT2D eigenvalue weighted by atomic mass is 19.3. The molecule has 5 nitrogen and oxygen atoms in total. The van der Waals surface area contributed by atoms with Crippen molar-refractivity contribution in [2.24, 2.45) is 5.92 Å². The highest BCUT2D eigenvalue weighted by molar-refractivity contribution is 5.83. The monoisotopic (exact) mass is 319 g/mol. The zero-order valence-corrected chi connectivity index (χ0v) is 12.3. The highest BCUT2D eigenvalue weighted by Gasteiger charge is 2.25. The van der Waals surface area contributed by atoms with Crippen molar-refractivity contribution in [3.63, 3.8) is 0 Å². The van der Waals surface area contributed by atoms with Crippen molar-refractivity contribution in [3.05, 3.63) is 23.8 Å². The number of anilines is 1. The maximum absolute atomic E-state index is 12.3. The van der Waals surface area contributed by atoms with Gasteiger partial charge in [-0.1, -0.05) is 0 Å². The molecule has 0 saturated carbocycles. The number of rotatable bonds is 5. The number of ether oxygens (including phenoxy) is 1. The van der Waals surface area contributed by atoms with Crippen LogP contribution < -0.4 is 9.64 Å². The summed E-state index contributed by atoms with van der Waals surface area (Å²) in [5.74, 6) is -0.293. The second-order valence-corrected chi connectivity index (χ2v) is 5.23. The molecule has 0 radical (unpaired) electrons. The summed E-state index contributed by atoms with van der Waals surface area (Å²) in [6, 6.07) is 8.20. The van der Waals surface area contributed by atoms with Crippen LogP contribution in [0.3, 0.4) is 0 Å². The number of hydrogen-bond acceptors (Lipinski definition) is 5. The molecule has 2 rings (SSSR count). The van der Waals surface area contributed by atoms with Crippen LogP contribution in [0, 0.1) is 28.6 Å². The molecule has 1 aliphatic rings. The number of benzene rings is 1. The second-order valence-electron chi connectivity index (χ2n) is 5.23. The molecule has 1 saturated heterocycles. The molecule has 0 aromatic heterocycles. The first-order valence-electron chi connectivity index (χ1n) is 7.18. The van der Waals surface area contributed by atoms with E-state index in [-0.39, 0.29) is 29.4 Å². The molecule has 1 fully saturated rings. The number of Topliss-reactive ketones (excluding diaryl/α,β-unsaturated/α-hetero) is 1. The van der Waals surface area contributed by atoms with Gasteiger partial charge in [-0.2, -0.15) is 19.3 Å². The predicted molar refractivity (Wildman–Crippen MR) is 78.0 cm³/mol. The molecular formula is C16H15F2N3O2. The van der Waals surface area contributed by atoms with Crippen LogP contribution in [-0.4, -0.2) is 25.5 Å². The fraction of sp³-hybridized carbons (Fsp3) is 0.438. The number of nitrogens with zero attached hydrogens (tertiary/aromatic N) is 3. The molecular weight excluding hydrogens is 304 g/mol. The van der Waals surface area contributed by atoms with E-state index in [1.54, 1.807) is 6.07 Å². The fourth-order valence-electron chi connectivity index (χ4n) is 2.68. The van der Waals surface area contributed by atoms with E-state index in [1.165, 1.54) is 12.1 Å². The molecule has 1 aromatic rings. The van der Waals surface area contributed by atoms with E-state index in [2.05, 4.69) is 4.74 Å². The van der Waals surface area contributed by atoms with Crippen molar-refractivity contribution in [1.29, 1.82) is 10.5 Å². The predicted octanol–water partition coefficient (Wildman–Crippen LogP) is 2.86. The molecule has 120 valence electrons. The van der Waals surface area contributed by atoms with Crippen molar-refractivity contribution >= 4 is 11.5 Å². The van der Waals surface area contributed by atoms with Gasteiger partial charge in [0.05, 0.1) is 18.1 Å². The van der Waals surface area contributed by atoms with Crippen LogP contribution in [0.25, 0.3) is 0 Å². The third kappa shape index (κ3) is 4.17. The van der Waals surface area contributed by atoms with Crippen LogP contribution >= 0.6 is 0 Å². The summed E-state index contributed by atoms with van der Waals surface area (Å²) in [6.45, 7) is -1.75. The summed E-state index contributed by atoms with van der Waals surface area (Å²) in [5.41, 5.74) is 0.778. The van der Waals surface area contributed by atoms with E-state index in [0.29, 0.717) is 25.9 Å². The minimum absolute atomic E-state index is 0.0365. The summed E-state index contributed by atoms with van der Waals surface area (Å²) in [7, 11) is 0. The van der Waals surface area contributed by atoms with Crippen molar-refractivity contribution in [1.82, 2.24) is 0 Å². The van der Waals surface area contributed by atoms with Crippen molar-refractivity contribution < 1.29 is 18.3 Å². The minimum Gasteiger partial charge on any atom is -0.433 e. The number of piperidine rings is 1. The number of hydrogen-bond donors (Lipinski definition) is 0. The van der Waals surface area contributed by atoms with E-state index in [9.17, 15) is 13.6 Å². The Morgan fingerprint density at radius 2 is 2.04 bits per heavy atom. The van der Waals surface area contributed by atoms with Gasteiger partial charge in [0.15, 0.2) is 0 Å². The van der Waals surface area contributed by atoms with E-state index in [1.807, 2.05) is 17.0 Å². The molecule has 1 aliphatic heterocycles. The van der Waals surface area contributed by atoms with Crippen molar-refractivity contribution in [2.45, 2.75) is 25.9 Å². The van der Waals surface area contributed by atoms with Gasteiger partial charge >= 0.3 is 6.61 Å². The number of ketones is 1. The Kier molecular flexibility index (Phi) is 5.48. The lowest BCUT2D eigenvalue weighted by atomic mass is 9.91. The Balaban J connectivity index is 2.05. The van der Waals surface area contributed by atoms with Gasteiger partial charge in [0.1, 0.15) is 17.6 Å². The van der Waals surface area contributed by atoms with Gasteiger partial charge in [-0.3, -0.25) is 4.79 Å². The Morgan fingerprint density at radius 3 is 2.61 bits per heavy atom. The Labute approximate surface area is 132 Å². The van der Waals surface area contributed by atoms with Crippen LogP contribution in [-0.2, 0) is 4.79 Å². The fourth-order valence-corrected chi connectivity index (χ4v) is 2.68. The zero-order valence-electron chi connectivity index (χ0n) is 12.3. The van der Waals surface area contributed by atoms with Crippen LogP contribution in [0.4, 0.5) is 14.5 Å². The first-order chi connectivity index (χ1) is 11.0. The van der Waals surface area contributed by atoms with Gasteiger partial charge in [-0.15, -0.1) is 0 Å². The maximum Gasteiger partial charge on any atom is 0.387 e. The third-order valence-corrected chi connectivity index (χ3v) is 3.87. The zero-order chi connectivity index (χ0) is 16.8. The molecule has 0 bridgehead atoms. The number of halogens is 2. The lowest BCUT2D eigenvalue weighted by Gasteiger charge is -2.33. The first kappa shape index (κ1) is 16.7. The summed E-state index contributed by atoms with van der Waals surface area (Å²) in [4.78, 5) is 13.7. The first-order valence-corrected chi connectivity index (χ1v) is 7.18. The van der Waals surface area contributed by atoms with Gasteiger partial charge in [0.2, 0.25) is 0 Å². The van der Waals surface area contributed by atoms with Gasteiger partial charge in [0.25, 0.3) is 0 Å². The summed E-state index contributed by atoms with van der Waals surface area (Å²) < 4.78 is 28.9. The molecule has 0 N–H and O–H groups in total. The lowest BCUT2D eigenvalue weighted by Crippen LogP contribution is -2.36. The highest BCUT2D eigenvalue weighted by Crippen LogP contribution is 2.29. The van der Waals surface area contributed by atoms with Crippen LogP contribution in [0.15, 0.2) is 18.2 Å². The smallest absolute Gasteiger partial charge is 0.387 e. The Hall–Kier alpha value is -2.67. The average molecular weight is 319 g/mol. The molecule has 7 heteroatoms. The average Bonchev–Trinajstić information content (AvgIpc) is 2.55. The minimum atomic E-state index is -2.98. The van der Waals surface area contributed by atoms with Gasteiger partial charge in [0, 0.05) is 24.7 Å². The molecule has 0 amide bonds. The molecule has 0 spiro atoms. The molecule has 1 heterocycles. The molecule has 0 aliphatic carbocycles. The quantitative estimate of drug-likeness (QED) is 0.834. The standard InChI is InChI=1S/C16H15F2N3O2/c17-16(18)23-15-2-1-13(9-12(15)10-20)21-7-4-11(5-8-21)14(22)3-6-19/h1-2,9,11,16H,3-5,7-8H2. The van der Waals surface area contributed by atoms with Gasteiger partial charge < -0.3 is 9.64 Å². The summed E-state index contributed by atoms with van der Waals surface area (Å²) in [5, 5.41) is 17.6. The van der Waals surface area contributed by atoms with E-state index in [0.717, 1.165) is 5.69 Å². The summed E-state index contributed by atoms with van der Waals surface area (Å²) >= 11 is 0. The topological polar surface area (TPSA) is 77.1 Å². The molecule has 0 atom stereocenters. The summed E-state index contributed by atoms with van der Waals surface area (Å²) in [6.07, 6.45) is 1.21. The van der Waals surface area contributed by atoms with Crippen LogP contribution in [0.2, 0.25) is 0 Å². The number of carbonyl (C=O) groups is 1. The second kappa shape index (κ2) is 7.55. The number of nitriles is 2. The molecule has 1 aromatic carbocycles. The molecule has 0 unspecified atom stereocenters. The van der Waals surface area contributed by atoms with E-state index >= 15 is 0 Å². The third-order valence-electron chi connectivity index (χ3n) is 3.87. The SMILES string of the molecule is N#CCC(=O)C1CCN(c2ccc(OC(F)F)c(C#N)c2)CC1. The normalized spacial score (nSPS) is 15.1. The lowest BCUT2D eigenvalue weighted by molar-refractivity contribution is -0.122. The van der Waals surface area contributed by atoms with Gasteiger partial charge in [-0.25, -0.2) is 0 Å². The molecule has 23 heavy (non-hydrogen) atoms. The van der Waals surface area contributed by atoms with E-state index < -0.39 is 6.61 Å². The number of carbonyl (C=O) groups excluding carboxylic acids is 1. The van der Waals surface area contributed by atoms with Crippen LogP contribution in [0.1, 0.15) is 24.8 Å².